The van der Waals surface area contributed by atoms with Gasteiger partial charge in [-0.15, -0.1) is 0 Å². The summed E-state index contributed by atoms with van der Waals surface area (Å²) in [6.45, 7) is 4.32. The smallest absolute Gasteiger partial charge is 0.251 e. The summed E-state index contributed by atoms with van der Waals surface area (Å²) in [7, 11) is 0. The molecule has 0 aliphatic rings. The summed E-state index contributed by atoms with van der Waals surface area (Å²) in [5.41, 5.74) is 3.62. The molecule has 0 atom stereocenters. The van der Waals surface area contributed by atoms with Crippen LogP contribution in [0.25, 0.3) is 5.69 Å². The van der Waals surface area contributed by atoms with Gasteiger partial charge in [-0.2, -0.15) is 5.10 Å². The molecule has 0 fully saturated rings. The fraction of sp³-hybridized carbons (Fsp3) is 0.227. The van der Waals surface area contributed by atoms with E-state index in [2.05, 4.69) is 15.7 Å². The van der Waals surface area contributed by atoms with Gasteiger partial charge in [-0.05, 0) is 55.8 Å². The molecule has 6 nitrogen and oxygen atoms in total. The molecule has 30 heavy (non-hydrogen) atoms. The molecule has 0 saturated heterocycles. The molecule has 1 aromatic heterocycles. The van der Waals surface area contributed by atoms with Crippen LogP contribution >= 0.6 is 11.6 Å². The zero-order valence-electron chi connectivity index (χ0n) is 16.7. The lowest BCUT2D eigenvalue weighted by atomic mass is 10.1. The number of carbonyl (C=O) groups is 2. The number of halogens is 2. The van der Waals surface area contributed by atoms with Crippen LogP contribution in [0.15, 0.2) is 48.5 Å². The highest BCUT2D eigenvalue weighted by Gasteiger charge is 2.12. The number of hydrogen-bond acceptors (Lipinski definition) is 3. The zero-order chi connectivity index (χ0) is 21.7. The SMILES string of the molecule is Cc1nn(-c2ccc(C(=O)NCCNC(=O)Cc3ccc(F)cc3)cc2)c(C)c1Cl. The summed E-state index contributed by atoms with van der Waals surface area (Å²) in [5.74, 6) is -0.766. The van der Waals surface area contributed by atoms with E-state index in [1.165, 1.54) is 12.1 Å². The molecule has 0 unspecified atom stereocenters. The molecule has 2 aromatic carbocycles. The van der Waals surface area contributed by atoms with Crippen molar-refractivity contribution in [1.82, 2.24) is 20.4 Å². The summed E-state index contributed by atoms with van der Waals surface area (Å²) in [6, 6.07) is 12.8. The topological polar surface area (TPSA) is 76.0 Å². The molecule has 0 aliphatic carbocycles. The largest absolute Gasteiger partial charge is 0.354 e. The number of hydrogen-bond donors (Lipinski definition) is 2. The van der Waals surface area contributed by atoms with E-state index in [1.54, 1.807) is 41.1 Å². The van der Waals surface area contributed by atoms with Crippen LogP contribution in [0.1, 0.15) is 27.3 Å². The van der Waals surface area contributed by atoms with Gasteiger partial charge >= 0.3 is 0 Å². The third-order valence-corrected chi connectivity index (χ3v) is 5.13. The van der Waals surface area contributed by atoms with Crippen LogP contribution in [0, 0.1) is 19.7 Å². The second-order valence-corrected chi connectivity index (χ2v) is 7.23. The first-order valence-corrected chi connectivity index (χ1v) is 9.84. The Labute approximate surface area is 179 Å². The lowest BCUT2D eigenvalue weighted by Crippen LogP contribution is -2.35. The Morgan fingerprint density at radius 1 is 1.00 bits per heavy atom. The number of aryl methyl sites for hydroxylation is 1. The lowest BCUT2D eigenvalue weighted by molar-refractivity contribution is -0.120. The second-order valence-electron chi connectivity index (χ2n) is 6.85. The maximum Gasteiger partial charge on any atom is 0.251 e. The van der Waals surface area contributed by atoms with E-state index < -0.39 is 0 Å². The third kappa shape index (κ3) is 5.24. The highest BCUT2D eigenvalue weighted by atomic mass is 35.5. The Morgan fingerprint density at radius 2 is 1.63 bits per heavy atom. The monoisotopic (exact) mass is 428 g/mol. The van der Waals surface area contributed by atoms with E-state index in [0.717, 1.165) is 22.6 Å². The molecule has 156 valence electrons. The normalized spacial score (nSPS) is 10.7. The number of benzene rings is 2. The minimum atomic E-state index is -0.339. The van der Waals surface area contributed by atoms with Crippen molar-refractivity contribution in [3.8, 4) is 5.69 Å². The second kappa shape index (κ2) is 9.54. The molecule has 0 radical (unpaired) electrons. The number of nitrogens with one attached hydrogen (secondary N) is 2. The van der Waals surface area contributed by atoms with Crippen LogP contribution in [0.5, 0.6) is 0 Å². The Morgan fingerprint density at radius 3 is 2.23 bits per heavy atom. The van der Waals surface area contributed by atoms with Gasteiger partial charge in [-0.3, -0.25) is 9.59 Å². The summed E-state index contributed by atoms with van der Waals surface area (Å²) < 4.78 is 14.6. The van der Waals surface area contributed by atoms with Crippen molar-refractivity contribution in [2.75, 3.05) is 13.1 Å². The van der Waals surface area contributed by atoms with Gasteiger partial charge in [0.05, 0.1) is 28.5 Å². The minimum absolute atomic E-state index is 0.159. The van der Waals surface area contributed by atoms with Crippen molar-refractivity contribution in [2.45, 2.75) is 20.3 Å². The Bertz CT molecular complexity index is 1050. The van der Waals surface area contributed by atoms with Crippen LogP contribution < -0.4 is 10.6 Å². The van der Waals surface area contributed by atoms with Gasteiger partial charge in [-0.1, -0.05) is 23.7 Å². The molecule has 2 N–H and O–H groups in total. The third-order valence-electron chi connectivity index (χ3n) is 4.59. The van der Waals surface area contributed by atoms with E-state index in [1.807, 2.05) is 13.8 Å². The van der Waals surface area contributed by atoms with Gasteiger partial charge < -0.3 is 10.6 Å². The maximum absolute atomic E-state index is 12.9. The number of nitrogens with zero attached hydrogens (tertiary/aromatic N) is 2. The number of aromatic nitrogens is 2. The molecule has 2 amide bonds. The standard InChI is InChI=1S/C22H22ClFN4O2/c1-14-21(23)15(2)28(27-14)19-9-5-17(6-10-19)22(30)26-12-11-25-20(29)13-16-3-7-18(24)8-4-16/h3-10H,11-13H2,1-2H3,(H,25,29)(H,26,30). The molecule has 0 spiro atoms. The number of rotatable bonds is 7. The van der Waals surface area contributed by atoms with Crippen LogP contribution in [0.4, 0.5) is 4.39 Å². The van der Waals surface area contributed by atoms with Gasteiger partial charge in [0, 0.05) is 18.7 Å². The molecule has 0 saturated carbocycles. The molecular formula is C22H22ClFN4O2. The first-order valence-electron chi connectivity index (χ1n) is 9.46. The first-order chi connectivity index (χ1) is 14.3. The molecular weight excluding hydrogens is 407 g/mol. The van der Waals surface area contributed by atoms with Gasteiger partial charge in [-0.25, -0.2) is 9.07 Å². The highest BCUT2D eigenvalue weighted by Crippen LogP contribution is 2.22. The van der Waals surface area contributed by atoms with Crippen LogP contribution in [0.3, 0.4) is 0 Å². The average molecular weight is 429 g/mol. The average Bonchev–Trinajstić information content (AvgIpc) is 3.00. The van der Waals surface area contributed by atoms with Crippen LogP contribution in [-0.4, -0.2) is 34.7 Å². The van der Waals surface area contributed by atoms with E-state index in [0.29, 0.717) is 23.7 Å². The summed E-state index contributed by atoms with van der Waals surface area (Å²) in [4.78, 5) is 24.2. The molecule has 0 aliphatic heterocycles. The first kappa shape index (κ1) is 21.5. The highest BCUT2D eigenvalue weighted by molar-refractivity contribution is 6.31. The lowest BCUT2D eigenvalue weighted by Gasteiger charge is -2.09. The van der Waals surface area contributed by atoms with Crippen LogP contribution in [0.2, 0.25) is 5.02 Å². The molecule has 8 heteroatoms. The number of carbonyl (C=O) groups excluding carboxylic acids is 2. The molecule has 3 rings (SSSR count). The van der Waals surface area contributed by atoms with Crippen molar-refractivity contribution in [2.24, 2.45) is 0 Å². The quantitative estimate of drug-likeness (QED) is 0.566. The fourth-order valence-corrected chi connectivity index (χ4v) is 3.08. The maximum atomic E-state index is 12.9. The predicted octanol–water partition coefficient (Wildman–Crippen LogP) is 3.37. The number of amides is 2. The van der Waals surface area contributed by atoms with Crippen molar-refractivity contribution >= 4 is 23.4 Å². The van der Waals surface area contributed by atoms with E-state index >= 15 is 0 Å². The zero-order valence-corrected chi connectivity index (χ0v) is 17.5. The Hall–Kier alpha value is -3.19. The summed E-state index contributed by atoms with van der Waals surface area (Å²) in [5, 5.41) is 10.5. The summed E-state index contributed by atoms with van der Waals surface area (Å²) >= 11 is 6.18. The Balaban J connectivity index is 1.46. The molecule has 1 heterocycles. The molecule has 0 bridgehead atoms. The van der Waals surface area contributed by atoms with Gasteiger partial charge in [0.1, 0.15) is 5.82 Å². The van der Waals surface area contributed by atoms with Gasteiger partial charge in [0.2, 0.25) is 5.91 Å². The van der Waals surface area contributed by atoms with Crippen LogP contribution in [-0.2, 0) is 11.2 Å². The van der Waals surface area contributed by atoms with E-state index in [4.69, 9.17) is 11.6 Å². The Kier molecular flexibility index (Phi) is 6.84. The van der Waals surface area contributed by atoms with Crippen molar-refractivity contribution in [3.05, 3.63) is 81.9 Å². The van der Waals surface area contributed by atoms with Crippen molar-refractivity contribution < 1.29 is 14.0 Å². The van der Waals surface area contributed by atoms with E-state index in [9.17, 15) is 14.0 Å². The summed E-state index contributed by atoms with van der Waals surface area (Å²) in [6.07, 6.45) is 0.159. The minimum Gasteiger partial charge on any atom is -0.354 e. The van der Waals surface area contributed by atoms with E-state index in [-0.39, 0.29) is 24.1 Å². The van der Waals surface area contributed by atoms with Gasteiger partial charge in [0.25, 0.3) is 5.91 Å². The molecule has 3 aromatic rings. The van der Waals surface area contributed by atoms with Crippen molar-refractivity contribution in [1.29, 1.82) is 0 Å². The fourth-order valence-electron chi connectivity index (χ4n) is 2.96. The predicted molar refractivity (Wildman–Crippen MR) is 113 cm³/mol. The van der Waals surface area contributed by atoms with Crippen molar-refractivity contribution in [3.63, 3.8) is 0 Å². The van der Waals surface area contributed by atoms with Gasteiger partial charge in [0.15, 0.2) is 0 Å².